The SMILES string of the molecule is C=CC(=O)OC(C=C)C(C)(CC)CCCC. The second-order valence-corrected chi connectivity index (χ2v) is 4.41. The van der Waals surface area contributed by atoms with Crippen LogP contribution in [0.1, 0.15) is 46.5 Å². The van der Waals surface area contributed by atoms with Gasteiger partial charge in [-0.05, 0) is 12.8 Å². The summed E-state index contributed by atoms with van der Waals surface area (Å²) in [6.45, 7) is 13.6. The number of unbranched alkanes of at least 4 members (excludes halogenated alkanes) is 1. The second-order valence-electron chi connectivity index (χ2n) is 4.41. The maximum Gasteiger partial charge on any atom is 0.330 e. The van der Waals surface area contributed by atoms with Crippen LogP contribution >= 0.6 is 0 Å². The van der Waals surface area contributed by atoms with Crippen molar-refractivity contribution in [2.24, 2.45) is 5.41 Å². The standard InChI is InChI=1S/C14H24O2/c1-6-10-11-14(5,9-4)12(7-2)16-13(15)8-3/h7-8,12H,2-3,6,9-11H2,1,4-5H3. The maximum atomic E-state index is 11.2. The predicted molar refractivity (Wildman–Crippen MR) is 68.2 cm³/mol. The van der Waals surface area contributed by atoms with Crippen molar-refractivity contribution in [3.8, 4) is 0 Å². The minimum absolute atomic E-state index is 0.0174. The Labute approximate surface area is 99.4 Å². The van der Waals surface area contributed by atoms with Gasteiger partial charge in [0.15, 0.2) is 0 Å². The van der Waals surface area contributed by atoms with E-state index < -0.39 is 0 Å². The van der Waals surface area contributed by atoms with E-state index in [0.717, 1.165) is 25.7 Å². The minimum atomic E-state index is -0.374. The molecule has 0 aliphatic heterocycles. The monoisotopic (exact) mass is 224 g/mol. The van der Waals surface area contributed by atoms with E-state index in [-0.39, 0.29) is 17.5 Å². The van der Waals surface area contributed by atoms with Gasteiger partial charge < -0.3 is 4.74 Å². The first kappa shape index (κ1) is 14.9. The van der Waals surface area contributed by atoms with E-state index >= 15 is 0 Å². The van der Waals surface area contributed by atoms with Gasteiger partial charge in [0.25, 0.3) is 0 Å². The molecule has 0 aliphatic carbocycles. The van der Waals surface area contributed by atoms with Crippen LogP contribution in [0.25, 0.3) is 0 Å². The van der Waals surface area contributed by atoms with Crippen LogP contribution in [0.5, 0.6) is 0 Å². The summed E-state index contributed by atoms with van der Waals surface area (Å²) < 4.78 is 5.33. The predicted octanol–water partition coefficient (Wildman–Crippen LogP) is 3.88. The Bertz CT molecular complexity index is 245. The summed E-state index contributed by atoms with van der Waals surface area (Å²) in [6.07, 6.45) is 6.99. The Kier molecular flexibility index (Phi) is 6.78. The lowest BCUT2D eigenvalue weighted by Crippen LogP contribution is -2.34. The molecule has 2 heteroatoms. The van der Waals surface area contributed by atoms with E-state index in [0.29, 0.717) is 0 Å². The van der Waals surface area contributed by atoms with Crippen LogP contribution in [-0.2, 0) is 9.53 Å². The molecule has 0 N–H and O–H groups in total. The van der Waals surface area contributed by atoms with Crippen LogP contribution in [0.15, 0.2) is 25.3 Å². The molecule has 0 rings (SSSR count). The molecule has 0 radical (unpaired) electrons. The van der Waals surface area contributed by atoms with Gasteiger partial charge in [0.1, 0.15) is 6.10 Å². The molecule has 0 aromatic rings. The van der Waals surface area contributed by atoms with E-state index in [4.69, 9.17) is 4.74 Å². The highest BCUT2D eigenvalue weighted by Crippen LogP contribution is 2.34. The smallest absolute Gasteiger partial charge is 0.330 e. The molecule has 0 amide bonds. The van der Waals surface area contributed by atoms with Crippen LogP contribution in [0.3, 0.4) is 0 Å². The van der Waals surface area contributed by atoms with Gasteiger partial charge in [-0.2, -0.15) is 0 Å². The molecule has 2 nitrogen and oxygen atoms in total. The molecule has 0 aromatic heterocycles. The molecule has 92 valence electrons. The summed E-state index contributed by atoms with van der Waals surface area (Å²) >= 11 is 0. The molecule has 0 saturated heterocycles. The molecular formula is C14H24O2. The molecule has 0 aliphatic rings. The summed E-state index contributed by atoms with van der Waals surface area (Å²) in [6, 6.07) is 0. The summed E-state index contributed by atoms with van der Waals surface area (Å²) in [5, 5.41) is 0. The Hall–Kier alpha value is -1.05. The van der Waals surface area contributed by atoms with Crippen molar-refractivity contribution in [3.63, 3.8) is 0 Å². The zero-order chi connectivity index (χ0) is 12.6. The quantitative estimate of drug-likeness (QED) is 0.355. The van der Waals surface area contributed by atoms with Crippen LogP contribution in [0.2, 0.25) is 0 Å². The maximum absolute atomic E-state index is 11.2. The number of ether oxygens (including phenoxy) is 1. The van der Waals surface area contributed by atoms with Crippen molar-refractivity contribution >= 4 is 5.97 Å². The van der Waals surface area contributed by atoms with E-state index in [2.05, 4.69) is 33.9 Å². The van der Waals surface area contributed by atoms with Crippen molar-refractivity contribution < 1.29 is 9.53 Å². The van der Waals surface area contributed by atoms with Crippen molar-refractivity contribution in [1.29, 1.82) is 0 Å². The van der Waals surface area contributed by atoms with Crippen molar-refractivity contribution in [1.82, 2.24) is 0 Å². The largest absolute Gasteiger partial charge is 0.454 e. The highest BCUT2D eigenvalue weighted by Gasteiger charge is 2.32. The van der Waals surface area contributed by atoms with Gasteiger partial charge in [-0.3, -0.25) is 0 Å². The summed E-state index contributed by atoms with van der Waals surface area (Å²) in [5.41, 5.74) is -0.0174. The zero-order valence-corrected chi connectivity index (χ0v) is 10.8. The highest BCUT2D eigenvalue weighted by atomic mass is 16.5. The lowest BCUT2D eigenvalue weighted by Gasteiger charge is -2.34. The first-order valence-electron chi connectivity index (χ1n) is 5.99. The fourth-order valence-electron chi connectivity index (χ4n) is 1.75. The van der Waals surface area contributed by atoms with Crippen molar-refractivity contribution in [2.45, 2.75) is 52.6 Å². The molecule has 0 fully saturated rings. The van der Waals surface area contributed by atoms with E-state index in [1.165, 1.54) is 6.08 Å². The molecule has 0 bridgehead atoms. The van der Waals surface area contributed by atoms with Crippen molar-refractivity contribution in [3.05, 3.63) is 25.3 Å². The Morgan fingerprint density at radius 3 is 2.44 bits per heavy atom. The first-order valence-corrected chi connectivity index (χ1v) is 5.99. The molecule has 0 saturated carbocycles. The van der Waals surface area contributed by atoms with E-state index in [1.54, 1.807) is 6.08 Å². The van der Waals surface area contributed by atoms with E-state index in [9.17, 15) is 4.79 Å². The molecule has 2 atom stereocenters. The Morgan fingerprint density at radius 1 is 1.44 bits per heavy atom. The second kappa shape index (κ2) is 7.26. The third-order valence-electron chi connectivity index (χ3n) is 3.22. The number of carbonyl (C=O) groups excluding carboxylic acids is 1. The van der Waals surface area contributed by atoms with Gasteiger partial charge >= 0.3 is 5.97 Å². The van der Waals surface area contributed by atoms with Crippen LogP contribution in [0, 0.1) is 5.41 Å². The first-order chi connectivity index (χ1) is 7.53. The van der Waals surface area contributed by atoms with Gasteiger partial charge in [0.05, 0.1) is 0 Å². The number of rotatable bonds is 8. The summed E-state index contributed by atoms with van der Waals surface area (Å²) in [5.74, 6) is -0.374. The Balaban J connectivity index is 4.64. The number of hydrogen-bond acceptors (Lipinski definition) is 2. The molecular weight excluding hydrogens is 200 g/mol. The van der Waals surface area contributed by atoms with Crippen molar-refractivity contribution in [2.75, 3.05) is 0 Å². The number of hydrogen-bond donors (Lipinski definition) is 0. The van der Waals surface area contributed by atoms with Gasteiger partial charge in [0, 0.05) is 11.5 Å². The zero-order valence-electron chi connectivity index (χ0n) is 10.8. The number of esters is 1. The molecule has 0 aromatic carbocycles. The molecule has 0 spiro atoms. The Morgan fingerprint density at radius 2 is 2.06 bits per heavy atom. The third-order valence-corrected chi connectivity index (χ3v) is 3.22. The highest BCUT2D eigenvalue weighted by molar-refractivity contribution is 5.81. The lowest BCUT2D eigenvalue weighted by molar-refractivity contribution is -0.146. The van der Waals surface area contributed by atoms with Gasteiger partial charge in [-0.1, -0.05) is 52.8 Å². The number of carbonyl (C=O) groups is 1. The summed E-state index contributed by atoms with van der Waals surface area (Å²) in [7, 11) is 0. The van der Waals surface area contributed by atoms with Gasteiger partial charge in [-0.15, -0.1) is 0 Å². The fourth-order valence-corrected chi connectivity index (χ4v) is 1.75. The average Bonchev–Trinajstić information content (AvgIpc) is 2.32. The van der Waals surface area contributed by atoms with Crippen LogP contribution < -0.4 is 0 Å². The third kappa shape index (κ3) is 4.21. The molecule has 2 unspecified atom stereocenters. The molecule has 16 heavy (non-hydrogen) atoms. The molecule has 0 heterocycles. The summed E-state index contributed by atoms with van der Waals surface area (Å²) in [4.78, 5) is 11.2. The van der Waals surface area contributed by atoms with Crippen LogP contribution in [-0.4, -0.2) is 12.1 Å². The lowest BCUT2D eigenvalue weighted by atomic mass is 9.77. The van der Waals surface area contributed by atoms with Gasteiger partial charge in [-0.25, -0.2) is 4.79 Å². The van der Waals surface area contributed by atoms with Gasteiger partial charge in [0.2, 0.25) is 0 Å². The topological polar surface area (TPSA) is 26.3 Å². The normalized spacial score (nSPS) is 15.9. The minimum Gasteiger partial charge on any atom is -0.454 e. The average molecular weight is 224 g/mol. The van der Waals surface area contributed by atoms with Crippen LogP contribution in [0.4, 0.5) is 0 Å². The fraction of sp³-hybridized carbons (Fsp3) is 0.643. The van der Waals surface area contributed by atoms with E-state index in [1.807, 2.05) is 0 Å².